The largest absolute Gasteiger partial charge is 0.444 e. The maximum absolute atomic E-state index is 12.2. The number of hydroxylamine groups is 2. The molecule has 0 heterocycles. The first-order chi connectivity index (χ1) is 15.2. The van der Waals surface area contributed by atoms with E-state index in [0.29, 0.717) is 0 Å². The number of aldehydes is 1. The van der Waals surface area contributed by atoms with Gasteiger partial charge in [0.15, 0.2) is 0 Å². The molecule has 34 heavy (non-hydrogen) atoms. The lowest BCUT2D eigenvalue weighted by Gasteiger charge is -2.33. The van der Waals surface area contributed by atoms with Gasteiger partial charge in [-0.25, -0.2) is 14.7 Å². The van der Waals surface area contributed by atoms with E-state index in [1.807, 2.05) is 27.7 Å². The number of ether oxygens (including phenoxy) is 2. The Morgan fingerprint density at radius 1 is 0.735 bits per heavy atom. The molecule has 10 heteroatoms. The Morgan fingerprint density at radius 2 is 1.12 bits per heavy atom. The number of nitrogens with zero attached hydrogens (tertiary/aromatic N) is 3. The van der Waals surface area contributed by atoms with E-state index in [1.165, 1.54) is 24.0 Å². The number of amides is 3. The van der Waals surface area contributed by atoms with Gasteiger partial charge in [-0.2, -0.15) is 0 Å². The quantitative estimate of drug-likeness (QED) is 0.393. The minimum Gasteiger partial charge on any atom is -0.444 e. The molecule has 0 fully saturated rings. The molecule has 0 rings (SSSR count). The van der Waals surface area contributed by atoms with Gasteiger partial charge in [-0.3, -0.25) is 14.5 Å². The topological polar surface area (TPSA) is 106 Å². The molecule has 200 valence electrons. The van der Waals surface area contributed by atoms with Gasteiger partial charge in [-0.15, -0.1) is 0 Å². The normalized spacial score (nSPS) is 13.3. The zero-order valence-corrected chi connectivity index (χ0v) is 23.6. The van der Waals surface area contributed by atoms with Gasteiger partial charge >= 0.3 is 12.2 Å². The lowest BCUT2D eigenvalue weighted by molar-refractivity contribution is -0.175. The maximum Gasteiger partial charge on any atom is 0.410 e. The molecule has 0 aliphatic carbocycles. The molecule has 0 aromatic rings. The Labute approximate surface area is 205 Å². The lowest BCUT2D eigenvalue weighted by atomic mass is 10.0. The van der Waals surface area contributed by atoms with Crippen molar-refractivity contribution in [2.75, 3.05) is 28.3 Å². The van der Waals surface area contributed by atoms with Crippen molar-refractivity contribution < 1.29 is 33.5 Å². The molecule has 0 saturated carbocycles. The number of carbonyl (C=O) groups excluding carboxylic acids is 4. The van der Waals surface area contributed by atoms with Crippen LogP contribution in [0.25, 0.3) is 0 Å². The molecule has 10 nitrogen and oxygen atoms in total. The van der Waals surface area contributed by atoms with Crippen LogP contribution in [0.4, 0.5) is 9.59 Å². The standard InChI is InChI=1S/C13H26N2O4.C11H21NO3/c1-9(2)10(11(16)15(7)18-8)14(6)12(17)19-13(3,4)5;1-8(2)9(7-13)12(6)10(14)15-11(3,4)5/h9-10H,1-8H3;7-9H,1-6H3/t10-;9-/m01/s1. The van der Waals surface area contributed by atoms with Crippen molar-refractivity contribution in [1.29, 1.82) is 0 Å². The van der Waals surface area contributed by atoms with Gasteiger partial charge in [-0.05, 0) is 53.4 Å². The van der Waals surface area contributed by atoms with E-state index in [1.54, 1.807) is 55.6 Å². The molecule has 2 atom stereocenters. The van der Waals surface area contributed by atoms with E-state index in [-0.39, 0.29) is 17.7 Å². The number of hydrogen-bond donors (Lipinski definition) is 0. The van der Waals surface area contributed by atoms with Crippen molar-refractivity contribution in [2.45, 2.75) is 92.5 Å². The number of rotatable bonds is 7. The molecular weight excluding hydrogens is 442 g/mol. The first-order valence-corrected chi connectivity index (χ1v) is 11.4. The molecule has 0 aliphatic heterocycles. The van der Waals surface area contributed by atoms with Crippen molar-refractivity contribution in [3.05, 3.63) is 0 Å². The average molecular weight is 490 g/mol. The van der Waals surface area contributed by atoms with Crippen molar-refractivity contribution >= 4 is 24.4 Å². The third-order valence-electron chi connectivity index (χ3n) is 4.52. The zero-order chi connectivity index (χ0) is 27.6. The highest BCUT2D eigenvalue weighted by atomic mass is 16.7. The van der Waals surface area contributed by atoms with E-state index in [2.05, 4.69) is 0 Å². The summed E-state index contributed by atoms with van der Waals surface area (Å²) in [5, 5.41) is 1.12. The van der Waals surface area contributed by atoms with Gasteiger partial charge in [0.2, 0.25) is 0 Å². The average Bonchev–Trinajstić information content (AvgIpc) is 2.64. The van der Waals surface area contributed by atoms with E-state index >= 15 is 0 Å². The summed E-state index contributed by atoms with van der Waals surface area (Å²) in [4.78, 5) is 54.1. The number of carbonyl (C=O) groups is 4. The van der Waals surface area contributed by atoms with Gasteiger partial charge in [0, 0.05) is 21.1 Å². The Balaban J connectivity index is 0. The SMILES string of the molecule is CC(C)[C@@H](C=O)N(C)C(=O)OC(C)(C)C.CON(C)C(=O)[C@H](C(C)C)N(C)C(=O)OC(C)(C)C. The summed E-state index contributed by atoms with van der Waals surface area (Å²) < 4.78 is 10.4. The van der Waals surface area contributed by atoms with Gasteiger partial charge < -0.3 is 19.2 Å². The fourth-order valence-electron chi connectivity index (χ4n) is 2.77. The highest BCUT2D eigenvalue weighted by Gasteiger charge is 2.34. The molecule has 0 saturated heterocycles. The second-order valence-corrected chi connectivity index (χ2v) is 10.8. The van der Waals surface area contributed by atoms with Crippen LogP contribution in [0.5, 0.6) is 0 Å². The monoisotopic (exact) mass is 489 g/mol. The Morgan fingerprint density at radius 3 is 1.38 bits per heavy atom. The lowest BCUT2D eigenvalue weighted by Crippen LogP contribution is -2.51. The second kappa shape index (κ2) is 14.1. The molecule has 3 amide bonds. The summed E-state index contributed by atoms with van der Waals surface area (Å²) in [5.41, 5.74) is -1.13. The predicted octanol–water partition coefficient (Wildman–Crippen LogP) is 3.97. The molecule has 0 aliphatic rings. The third-order valence-corrected chi connectivity index (χ3v) is 4.52. The molecule has 0 N–H and O–H groups in total. The second-order valence-electron chi connectivity index (χ2n) is 10.8. The van der Waals surface area contributed by atoms with Crippen LogP contribution < -0.4 is 0 Å². The van der Waals surface area contributed by atoms with Gasteiger partial charge in [0.05, 0.1) is 13.2 Å². The number of likely N-dealkylation sites (N-methyl/N-ethyl adjacent to an activating group) is 3. The minimum atomic E-state index is -0.625. The van der Waals surface area contributed by atoms with E-state index in [0.717, 1.165) is 11.3 Å². The van der Waals surface area contributed by atoms with Crippen LogP contribution in [0.3, 0.4) is 0 Å². The summed E-state index contributed by atoms with van der Waals surface area (Å²) in [6.45, 7) is 18.3. The van der Waals surface area contributed by atoms with Crippen LogP contribution in [-0.2, 0) is 23.9 Å². The highest BCUT2D eigenvalue weighted by molar-refractivity contribution is 5.85. The Hall–Kier alpha value is -2.36. The maximum atomic E-state index is 12.2. The predicted molar refractivity (Wildman–Crippen MR) is 131 cm³/mol. The first kappa shape index (κ1) is 33.8. The molecular formula is C24H47N3O7. The molecule has 0 spiro atoms. The van der Waals surface area contributed by atoms with Crippen LogP contribution in [0.1, 0.15) is 69.2 Å². The van der Waals surface area contributed by atoms with Crippen LogP contribution in [0.15, 0.2) is 0 Å². The summed E-state index contributed by atoms with van der Waals surface area (Å²) in [6, 6.07) is -1.06. The minimum absolute atomic E-state index is 0.0531. The summed E-state index contributed by atoms with van der Waals surface area (Å²) >= 11 is 0. The Kier molecular flexibility index (Phi) is 14.1. The van der Waals surface area contributed by atoms with Crippen molar-refractivity contribution in [3.8, 4) is 0 Å². The molecule has 0 aromatic carbocycles. The molecule has 0 radical (unpaired) electrons. The van der Waals surface area contributed by atoms with Crippen LogP contribution in [0.2, 0.25) is 0 Å². The van der Waals surface area contributed by atoms with Crippen molar-refractivity contribution in [2.24, 2.45) is 11.8 Å². The van der Waals surface area contributed by atoms with E-state index in [4.69, 9.17) is 14.3 Å². The van der Waals surface area contributed by atoms with Gasteiger partial charge in [0.25, 0.3) is 5.91 Å². The molecule has 0 bridgehead atoms. The number of hydrogen-bond acceptors (Lipinski definition) is 7. The van der Waals surface area contributed by atoms with E-state index < -0.39 is 35.5 Å². The zero-order valence-electron chi connectivity index (χ0n) is 23.6. The van der Waals surface area contributed by atoms with E-state index in [9.17, 15) is 19.2 Å². The first-order valence-electron chi connectivity index (χ1n) is 11.4. The molecule has 0 aromatic heterocycles. The fraction of sp³-hybridized carbons (Fsp3) is 0.833. The van der Waals surface area contributed by atoms with Gasteiger partial charge in [0.1, 0.15) is 23.5 Å². The van der Waals surface area contributed by atoms with Crippen molar-refractivity contribution in [1.82, 2.24) is 14.9 Å². The molecule has 0 unspecified atom stereocenters. The summed E-state index contributed by atoms with van der Waals surface area (Å²) in [6.07, 6.45) is -0.216. The smallest absolute Gasteiger partial charge is 0.410 e. The van der Waals surface area contributed by atoms with Crippen LogP contribution >= 0.6 is 0 Å². The van der Waals surface area contributed by atoms with Crippen molar-refractivity contribution in [3.63, 3.8) is 0 Å². The summed E-state index contributed by atoms with van der Waals surface area (Å²) in [7, 11) is 6.05. The Bertz CT molecular complexity index is 666. The van der Waals surface area contributed by atoms with Crippen LogP contribution in [-0.4, -0.2) is 90.8 Å². The summed E-state index contributed by atoms with van der Waals surface area (Å²) in [5.74, 6) is -0.256. The van der Waals surface area contributed by atoms with Crippen LogP contribution in [0, 0.1) is 11.8 Å². The third kappa shape index (κ3) is 12.8. The van der Waals surface area contributed by atoms with Gasteiger partial charge in [-0.1, -0.05) is 27.7 Å². The fourth-order valence-corrected chi connectivity index (χ4v) is 2.77. The highest BCUT2D eigenvalue weighted by Crippen LogP contribution is 2.17.